The number of rotatable bonds is 2. The van der Waals surface area contributed by atoms with Gasteiger partial charge < -0.3 is 5.11 Å². The van der Waals surface area contributed by atoms with Crippen LogP contribution in [-0.2, 0) is 0 Å². The van der Waals surface area contributed by atoms with Gasteiger partial charge in [-0.1, -0.05) is 48.0 Å². The second kappa shape index (κ2) is 5.19. The molecule has 0 amide bonds. The Bertz CT molecular complexity index is 844. The summed E-state index contributed by atoms with van der Waals surface area (Å²) < 4.78 is 0. The molecule has 0 bridgehead atoms. The fraction of sp³-hybridized carbons (Fsp3) is 0.0588. The maximum Gasteiger partial charge on any atom is 0.335 e. The number of carboxylic acids is 1. The lowest BCUT2D eigenvalue weighted by Gasteiger charge is -2.12. The zero-order chi connectivity index (χ0) is 15.0. The van der Waals surface area contributed by atoms with Crippen LogP contribution >= 0.6 is 11.6 Å². The lowest BCUT2D eigenvalue weighted by atomic mass is 9.96. The number of aromatic carboxylic acids is 1. The molecule has 0 saturated carbocycles. The summed E-state index contributed by atoms with van der Waals surface area (Å²) in [6, 6.07) is 14.8. The minimum atomic E-state index is -0.975. The number of halogens is 1. The minimum absolute atomic E-state index is 0.203. The summed E-state index contributed by atoms with van der Waals surface area (Å²) in [6.45, 7) is 1.92. The third-order valence-corrected chi connectivity index (χ3v) is 3.85. The molecule has 4 heteroatoms. The van der Waals surface area contributed by atoms with Crippen LogP contribution in [0.5, 0.6) is 0 Å². The molecule has 0 aliphatic carbocycles. The van der Waals surface area contributed by atoms with Crippen LogP contribution in [0.25, 0.3) is 22.0 Å². The number of nitrogens with zero attached hydrogens (tertiary/aromatic N) is 1. The number of pyridine rings is 1. The van der Waals surface area contributed by atoms with Crippen molar-refractivity contribution in [2.75, 3.05) is 0 Å². The van der Waals surface area contributed by atoms with Crippen molar-refractivity contribution in [1.29, 1.82) is 0 Å². The van der Waals surface area contributed by atoms with E-state index in [-0.39, 0.29) is 5.56 Å². The Morgan fingerprint density at radius 2 is 1.86 bits per heavy atom. The predicted octanol–water partition coefficient (Wildman–Crippen LogP) is 4.56. The van der Waals surface area contributed by atoms with E-state index in [9.17, 15) is 4.79 Å². The molecule has 2 aromatic carbocycles. The number of carboxylic acid groups (broad SMARTS) is 1. The van der Waals surface area contributed by atoms with Gasteiger partial charge in [0.15, 0.2) is 0 Å². The van der Waals surface area contributed by atoms with Crippen LogP contribution < -0.4 is 0 Å². The first-order chi connectivity index (χ1) is 10.1. The van der Waals surface area contributed by atoms with Crippen LogP contribution in [0.15, 0.2) is 48.5 Å². The maximum atomic E-state index is 11.1. The van der Waals surface area contributed by atoms with Gasteiger partial charge in [0.2, 0.25) is 0 Å². The van der Waals surface area contributed by atoms with Crippen LogP contribution in [-0.4, -0.2) is 16.1 Å². The van der Waals surface area contributed by atoms with Crippen LogP contribution in [0, 0.1) is 6.92 Å². The summed E-state index contributed by atoms with van der Waals surface area (Å²) in [5.41, 5.74) is 3.70. The van der Waals surface area contributed by atoms with Crippen LogP contribution in [0.1, 0.15) is 15.9 Å². The molecule has 0 unspecified atom stereocenters. The molecule has 104 valence electrons. The second-order valence-electron chi connectivity index (χ2n) is 4.81. The summed E-state index contributed by atoms with van der Waals surface area (Å²) in [7, 11) is 0. The highest BCUT2D eigenvalue weighted by Crippen LogP contribution is 2.34. The molecule has 3 aromatic rings. The fourth-order valence-corrected chi connectivity index (χ4v) is 2.63. The summed E-state index contributed by atoms with van der Waals surface area (Å²) in [5.74, 6) is -0.975. The Morgan fingerprint density at radius 1 is 1.14 bits per heavy atom. The Hall–Kier alpha value is -2.39. The van der Waals surface area contributed by atoms with Gasteiger partial charge in [-0.2, -0.15) is 0 Å². The summed E-state index contributed by atoms with van der Waals surface area (Å²) in [5, 5.41) is 10.4. The van der Waals surface area contributed by atoms with Crippen molar-refractivity contribution in [1.82, 2.24) is 4.98 Å². The lowest BCUT2D eigenvalue weighted by Crippen LogP contribution is -1.98. The first-order valence-electron chi connectivity index (χ1n) is 6.46. The van der Waals surface area contributed by atoms with E-state index in [1.165, 1.54) is 0 Å². The highest BCUT2D eigenvalue weighted by molar-refractivity contribution is 6.31. The number of benzene rings is 2. The van der Waals surface area contributed by atoms with Crippen molar-refractivity contribution in [3.63, 3.8) is 0 Å². The SMILES string of the molecule is Cc1c(Cl)nc2cc(C(=O)O)ccc2c1-c1ccccc1. The number of carbonyl (C=O) groups is 1. The van der Waals surface area contributed by atoms with E-state index in [0.29, 0.717) is 10.7 Å². The zero-order valence-electron chi connectivity index (χ0n) is 11.3. The van der Waals surface area contributed by atoms with E-state index in [0.717, 1.165) is 22.1 Å². The number of hydrogen-bond donors (Lipinski definition) is 1. The summed E-state index contributed by atoms with van der Waals surface area (Å²) in [4.78, 5) is 15.4. The topological polar surface area (TPSA) is 50.2 Å². The van der Waals surface area contributed by atoms with Crippen molar-refractivity contribution in [2.24, 2.45) is 0 Å². The minimum Gasteiger partial charge on any atom is -0.478 e. The Balaban J connectivity index is 2.37. The molecule has 21 heavy (non-hydrogen) atoms. The average molecular weight is 298 g/mol. The molecule has 0 radical (unpaired) electrons. The van der Waals surface area contributed by atoms with Gasteiger partial charge in [-0.25, -0.2) is 9.78 Å². The Labute approximate surface area is 126 Å². The molecule has 3 rings (SSSR count). The molecular weight excluding hydrogens is 286 g/mol. The molecular formula is C17H12ClNO2. The quantitative estimate of drug-likeness (QED) is 0.705. The molecule has 0 spiro atoms. The fourth-order valence-electron chi connectivity index (χ4n) is 2.44. The van der Waals surface area contributed by atoms with Gasteiger partial charge in [-0.15, -0.1) is 0 Å². The van der Waals surface area contributed by atoms with Crippen molar-refractivity contribution in [3.05, 3.63) is 64.8 Å². The molecule has 1 aromatic heterocycles. The van der Waals surface area contributed by atoms with E-state index in [1.54, 1.807) is 18.2 Å². The molecule has 3 nitrogen and oxygen atoms in total. The lowest BCUT2D eigenvalue weighted by molar-refractivity contribution is 0.0697. The first-order valence-corrected chi connectivity index (χ1v) is 6.84. The highest BCUT2D eigenvalue weighted by atomic mass is 35.5. The van der Waals surface area contributed by atoms with Crippen molar-refractivity contribution in [2.45, 2.75) is 6.92 Å². The van der Waals surface area contributed by atoms with E-state index in [2.05, 4.69) is 4.98 Å². The largest absolute Gasteiger partial charge is 0.478 e. The molecule has 0 fully saturated rings. The second-order valence-corrected chi connectivity index (χ2v) is 5.16. The van der Waals surface area contributed by atoms with Crippen LogP contribution in [0.2, 0.25) is 5.15 Å². The van der Waals surface area contributed by atoms with Gasteiger partial charge in [0.1, 0.15) is 5.15 Å². The number of hydrogen-bond acceptors (Lipinski definition) is 2. The third-order valence-electron chi connectivity index (χ3n) is 3.48. The Kier molecular flexibility index (Phi) is 3.35. The molecule has 0 saturated heterocycles. The Morgan fingerprint density at radius 3 is 2.52 bits per heavy atom. The van der Waals surface area contributed by atoms with Gasteiger partial charge in [0.05, 0.1) is 11.1 Å². The highest BCUT2D eigenvalue weighted by Gasteiger charge is 2.14. The average Bonchev–Trinajstić information content (AvgIpc) is 2.49. The third kappa shape index (κ3) is 2.36. The van der Waals surface area contributed by atoms with Crippen molar-refractivity contribution in [3.8, 4) is 11.1 Å². The number of aromatic nitrogens is 1. The van der Waals surface area contributed by atoms with Crippen molar-refractivity contribution < 1.29 is 9.90 Å². The van der Waals surface area contributed by atoms with E-state index in [4.69, 9.17) is 16.7 Å². The van der Waals surface area contributed by atoms with E-state index in [1.807, 2.05) is 37.3 Å². The van der Waals surface area contributed by atoms with Crippen molar-refractivity contribution >= 4 is 28.5 Å². The number of fused-ring (bicyclic) bond motifs is 1. The van der Waals surface area contributed by atoms with Gasteiger partial charge in [-0.05, 0) is 35.7 Å². The van der Waals surface area contributed by atoms with Gasteiger partial charge >= 0.3 is 5.97 Å². The predicted molar refractivity (Wildman–Crippen MR) is 83.9 cm³/mol. The monoisotopic (exact) mass is 297 g/mol. The van der Waals surface area contributed by atoms with Gasteiger partial charge in [0, 0.05) is 5.39 Å². The molecule has 1 heterocycles. The first kappa shape index (κ1) is 13.6. The van der Waals surface area contributed by atoms with E-state index < -0.39 is 5.97 Å². The zero-order valence-corrected chi connectivity index (χ0v) is 12.1. The standard InChI is InChI=1S/C17H12ClNO2/c1-10-15(11-5-3-2-4-6-11)13-8-7-12(17(20)21)9-14(13)19-16(10)18/h2-9H,1H3,(H,20,21). The van der Waals surface area contributed by atoms with Crippen LogP contribution in [0.3, 0.4) is 0 Å². The van der Waals surface area contributed by atoms with Crippen LogP contribution in [0.4, 0.5) is 0 Å². The summed E-state index contributed by atoms with van der Waals surface area (Å²) in [6.07, 6.45) is 0. The normalized spacial score (nSPS) is 10.8. The maximum absolute atomic E-state index is 11.1. The molecule has 0 aliphatic rings. The molecule has 0 atom stereocenters. The molecule has 0 aliphatic heterocycles. The van der Waals surface area contributed by atoms with E-state index >= 15 is 0 Å². The van der Waals surface area contributed by atoms with Gasteiger partial charge in [-0.3, -0.25) is 0 Å². The molecule has 1 N–H and O–H groups in total. The summed E-state index contributed by atoms with van der Waals surface area (Å²) >= 11 is 6.22. The van der Waals surface area contributed by atoms with Gasteiger partial charge in [0.25, 0.3) is 0 Å². The smallest absolute Gasteiger partial charge is 0.335 e.